The molecule has 2 aromatic heterocycles. The van der Waals surface area contributed by atoms with E-state index in [1.165, 1.54) is 11.3 Å². The molecule has 1 N–H and O–H groups in total. The average Bonchev–Trinajstić information content (AvgIpc) is 3.51. The van der Waals surface area contributed by atoms with Gasteiger partial charge in [-0.15, -0.1) is 11.3 Å². The molecule has 1 saturated heterocycles. The Balaban J connectivity index is 1.34. The molecule has 0 aliphatic carbocycles. The van der Waals surface area contributed by atoms with E-state index in [2.05, 4.69) is 5.32 Å². The summed E-state index contributed by atoms with van der Waals surface area (Å²) in [6.45, 7) is 1.12. The zero-order valence-electron chi connectivity index (χ0n) is 18.6. The van der Waals surface area contributed by atoms with Crippen molar-refractivity contribution in [2.45, 2.75) is 35.9 Å². The highest BCUT2D eigenvalue weighted by Gasteiger charge is 2.28. The average molecular weight is 495 g/mol. The molecule has 0 radical (unpaired) electrons. The number of fused-ring (bicyclic) bond motifs is 1. The lowest BCUT2D eigenvalue weighted by atomic mass is 10.0. The Hall–Kier alpha value is -2.94. The highest BCUT2D eigenvalue weighted by molar-refractivity contribution is 7.91. The molecule has 1 fully saturated rings. The summed E-state index contributed by atoms with van der Waals surface area (Å²) in [7, 11) is -3.50. The molecule has 2 aromatic carbocycles. The number of carbonyl (C=O) groups is 1. The quantitative estimate of drug-likeness (QED) is 0.387. The number of hydrogen-bond acceptors (Lipinski definition) is 5. The van der Waals surface area contributed by atoms with Gasteiger partial charge in [0.2, 0.25) is 5.91 Å². The summed E-state index contributed by atoms with van der Waals surface area (Å²) in [6.07, 6.45) is 2.95. The number of nitrogens with one attached hydrogen (secondary N) is 1. The maximum absolute atomic E-state index is 13.0. The van der Waals surface area contributed by atoms with Gasteiger partial charge in [-0.05, 0) is 42.7 Å². The molecule has 0 bridgehead atoms. The van der Waals surface area contributed by atoms with Gasteiger partial charge in [-0.3, -0.25) is 4.79 Å². The number of amides is 1. The summed E-state index contributed by atoms with van der Waals surface area (Å²) >= 11 is 1.17. The molecule has 1 aliphatic heterocycles. The Morgan fingerprint density at radius 2 is 1.71 bits per heavy atom. The van der Waals surface area contributed by atoms with E-state index in [9.17, 15) is 13.2 Å². The van der Waals surface area contributed by atoms with E-state index in [0.717, 1.165) is 35.8 Å². The molecule has 5 rings (SSSR count). The Kier molecular flexibility index (Phi) is 6.54. The first-order chi connectivity index (χ1) is 16.5. The van der Waals surface area contributed by atoms with Crippen LogP contribution in [-0.2, 0) is 21.2 Å². The van der Waals surface area contributed by atoms with Gasteiger partial charge in [-0.2, -0.15) is 4.31 Å². The predicted octanol–water partition coefficient (Wildman–Crippen LogP) is 5.12. The van der Waals surface area contributed by atoms with Crippen LogP contribution in [0.2, 0.25) is 0 Å². The lowest BCUT2D eigenvalue weighted by Gasteiger charge is -2.25. The van der Waals surface area contributed by atoms with Crippen molar-refractivity contribution in [1.29, 1.82) is 0 Å². The lowest BCUT2D eigenvalue weighted by Crippen LogP contribution is -2.35. The summed E-state index contributed by atoms with van der Waals surface area (Å²) in [5.74, 6) is 0.457. The molecule has 8 heteroatoms. The minimum Gasteiger partial charge on any atom is -0.459 e. The van der Waals surface area contributed by atoms with Crippen molar-refractivity contribution < 1.29 is 17.6 Å². The van der Waals surface area contributed by atoms with Crippen LogP contribution < -0.4 is 5.32 Å². The van der Waals surface area contributed by atoms with Crippen LogP contribution in [0.5, 0.6) is 0 Å². The topological polar surface area (TPSA) is 79.6 Å². The van der Waals surface area contributed by atoms with Crippen LogP contribution in [0.3, 0.4) is 0 Å². The second kappa shape index (κ2) is 9.74. The molecule has 34 heavy (non-hydrogen) atoms. The van der Waals surface area contributed by atoms with E-state index < -0.39 is 16.1 Å². The van der Waals surface area contributed by atoms with E-state index in [4.69, 9.17) is 4.42 Å². The first-order valence-electron chi connectivity index (χ1n) is 11.4. The van der Waals surface area contributed by atoms with E-state index in [1.807, 2.05) is 60.7 Å². The van der Waals surface area contributed by atoms with Gasteiger partial charge >= 0.3 is 0 Å². The SMILES string of the molecule is O=C(Cc1ccc(S(=O)(=O)N2CCCCC2)s1)NC(c1ccccc1)c1cc2ccccc2o1. The number of furan rings is 1. The molecular formula is C26H26N2O4S2. The molecule has 3 heterocycles. The summed E-state index contributed by atoms with van der Waals surface area (Å²) in [5.41, 5.74) is 1.67. The molecular weight excluding hydrogens is 468 g/mol. The molecule has 1 atom stereocenters. The number of carbonyl (C=O) groups excluding carboxylic acids is 1. The Bertz CT molecular complexity index is 1350. The third-order valence-corrected chi connectivity index (χ3v) is 9.50. The zero-order chi connectivity index (χ0) is 23.5. The van der Waals surface area contributed by atoms with Crippen LogP contribution in [0.4, 0.5) is 0 Å². The van der Waals surface area contributed by atoms with Gasteiger partial charge in [0, 0.05) is 23.4 Å². The van der Waals surface area contributed by atoms with Crippen molar-refractivity contribution in [2.75, 3.05) is 13.1 Å². The molecule has 6 nitrogen and oxygen atoms in total. The van der Waals surface area contributed by atoms with Gasteiger partial charge in [0.15, 0.2) is 0 Å². The molecule has 1 aliphatic rings. The fourth-order valence-corrected chi connectivity index (χ4v) is 7.33. The standard InChI is InChI=1S/C26H26N2O4S2/c29-24(18-21-13-14-25(33-21)34(30,31)28-15-7-2-8-16-28)27-26(19-9-3-1-4-10-19)23-17-20-11-5-6-12-22(20)32-23/h1,3-6,9-14,17,26H,2,7-8,15-16,18H2,(H,27,29). The fourth-order valence-electron chi connectivity index (χ4n) is 4.30. The van der Waals surface area contributed by atoms with E-state index >= 15 is 0 Å². The van der Waals surface area contributed by atoms with Crippen LogP contribution in [0.25, 0.3) is 11.0 Å². The number of rotatable bonds is 7. The van der Waals surface area contributed by atoms with Crippen LogP contribution in [0.15, 0.2) is 81.4 Å². The Labute approximate surface area is 203 Å². The van der Waals surface area contributed by atoms with Crippen molar-refractivity contribution in [3.8, 4) is 0 Å². The van der Waals surface area contributed by atoms with Crippen molar-refractivity contribution in [1.82, 2.24) is 9.62 Å². The number of sulfonamides is 1. The van der Waals surface area contributed by atoms with Gasteiger partial charge in [0.1, 0.15) is 21.6 Å². The van der Waals surface area contributed by atoms with E-state index in [0.29, 0.717) is 27.9 Å². The smallest absolute Gasteiger partial charge is 0.252 e. The van der Waals surface area contributed by atoms with Gasteiger partial charge in [0.05, 0.1) is 6.42 Å². The van der Waals surface area contributed by atoms with E-state index in [-0.39, 0.29) is 12.3 Å². The minimum atomic E-state index is -3.50. The minimum absolute atomic E-state index is 0.101. The number of piperidine rings is 1. The molecule has 0 spiro atoms. The molecule has 4 aromatic rings. The van der Waals surface area contributed by atoms with Crippen LogP contribution in [0, 0.1) is 0 Å². The highest BCUT2D eigenvalue weighted by atomic mass is 32.2. The third kappa shape index (κ3) is 4.80. The predicted molar refractivity (Wildman–Crippen MR) is 133 cm³/mol. The monoisotopic (exact) mass is 494 g/mol. The molecule has 1 unspecified atom stereocenters. The van der Waals surface area contributed by atoms with Gasteiger partial charge in [0.25, 0.3) is 10.0 Å². The lowest BCUT2D eigenvalue weighted by molar-refractivity contribution is -0.121. The van der Waals surface area contributed by atoms with Crippen molar-refractivity contribution in [3.05, 3.63) is 89.0 Å². The van der Waals surface area contributed by atoms with Crippen LogP contribution >= 0.6 is 11.3 Å². The van der Waals surface area contributed by atoms with E-state index in [1.54, 1.807) is 16.4 Å². The first kappa shape index (κ1) is 22.8. The second-order valence-electron chi connectivity index (χ2n) is 8.46. The van der Waals surface area contributed by atoms with Crippen molar-refractivity contribution >= 4 is 38.2 Å². The summed E-state index contributed by atoms with van der Waals surface area (Å²) in [6, 6.07) is 22.3. The Morgan fingerprint density at radius 3 is 2.47 bits per heavy atom. The highest BCUT2D eigenvalue weighted by Crippen LogP contribution is 2.30. The van der Waals surface area contributed by atoms with Gasteiger partial charge in [-0.25, -0.2) is 8.42 Å². The number of para-hydroxylation sites is 1. The van der Waals surface area contributed by atoms with Crippen molar-refractivity contribution in [2.24, 2.45) is 0 Å². The van der Waals surface area contributed by atoms with Gasteiger partial charge in [-0.1, -0.05) is 55.0 Å². The normalized spacial score (nSPS) is 15.9. The fraction of sp³-hybridized carbons (Fsp3) is 0.269. The summed E-state index contributed by atoms with van der Waals surface area (Å²) < 4.78 is 33.8. The van der Waals surface area contributed by atoms with Gasteiger partial charge < -0.3 is 9.73 Å². The van der Waals surface area contributed by atoms with Crippen LogP contribution in [-0.4, -0.2) is 31.7 Å². The maximum atomic E-state index is 13.0. The Morgan fingerprint density at radius 1 is 0.971 bits per heavy atom. The van der Waals surface area contributed by atoms with Crippen LogP contribution in [0.1, 0.15) is 41.5 Å². The number of nitrogens with zero attached hydrogens (tertiary/aromatic N) is 1. The third-order valence-electron chi connectivity index (χ3n) is 6.05. The largest absolute Gasteiger partial charge is 0.459 e. The molecule has 176 valence electrons. The zero-order valence-corrected chi connectivity index (χ0v) is 20.3. The number of thiophene rings is 1. The van der Waals surface area contributed by atoms with Crippen molar-refractivity contribution in [3.63, 3.8) is 0 Å². The first-order valence-corrected chi connectivity index (χ1v) is 13.7. The molecule has 0 saturated carbocycles. The maximum Gasteiger partial charge on any atom is 0.252 e. The summed E-state index contributed by atoms with van der Waals surface area (Å²) in [4.78, 5) is 13.8. The number of benzene rings is 2. The number of hydrogen-bond donors (Lipinski definition) is 1. The summed E-state index contributed by atoms with van der Waals surface area (Å²) in [5, 5.41) is 4.06. The molecule has 1 amide bonds. The second-order valence-corrected chi connectivity index (χ2v) is 11.8.